The van der Waals surface area contributed by atoms with Crippen LogP contribution in [-0.2, 0) is 0 Å². The molecule has 0 spiro atoms. The molecule has 0 nitrogen and oxygen atoms in total. The molecule has 0 rings (SSSR count). The molecule has 0 aliphatic rings. The maximum absolute atomic E-state index is 2.52. The van der Waals surface area contributed by atoms with Crippen molar-refractivity contribution in [1.29, 1.82) is 0 Å². The minimum atomic E-state index is 0.922. The van der Waals surface area contributed by atoms with Crippen molar-refractivity contribution >= 4 is 0 Å². The molecular formula is C42H86. The molecule has 0 radical (unpaired) electrons. The van der Waals surface area contributed by atoms with Gasteiger partial charge in [0.15, 0.2) is 0 Å². The maximum Gasteiger partial charge on any atom is -0.0443 e. The highest BCUT2D eigenvalue weighted by Crippen LogP contribution is 2.27. The molecule has 0 aromatic rings. The van der Waals surface area contributed by atoms with Crippen molar-refractivity contribution in [3.05, 3.63) is 0 Å². The minimum absolute atomic E-state index is 0.922. The second-order valence-corrected chi connectivity index (χ2v) is 16.6. The van der Waals surface area contributed by atoms with Crippen LogP contribution in [0.3, 0.4) is 0 Å². The summed E-state index contributed by atoms with van der Waals surface area (Å²) >= 11 is 0. The molecule has 0 heteroatoms. The van der Waals surface area contributed by atoms with Crippen LogP contribution in [0.4, 0.5) is 0 Å². The van der Waals surface area contributed by atoms with Gasteiger partial charge in [0.1, 0.15) is 0 Å². The van der Waals surface area contributed by atoms with Gasteiger partial charge in [-0.15, -0.1) is 0 Å². The Kier molecular flexibility index (Phi) is 28.5. The Morgan fingerprint density at radius 3 is 0.524 bits per heavy atom. The molecule has 0 aliphatic heterocycles. The quantitative estimate of drug-likeness (QED) is 0.0753. The average Bonchev–Trinajstić information content (AvgIpc) is 2.92. The fraction of sp³-hybridized carbons (Fsp3) is 1.00. The van der Waals surface area contributed by atoms with Crippen LogP contribution < -0.4 is 0 Å². The second-order valence-electron chi connectivity index (χ2n) is 16.6. The molecule has 0 aliphatic carbocycles. The van der Waals surface area contributed by atoms with Crippen LogP contribution in [0.25, 0.3) is 0 Å². The summed E-state index contributed by atoms with van der Waals surface area (Å²) in [6.45, 7) is 24.6. The van der Waals surface area contributed by atoms with E-state index in [1.54, 1.807) is 0 Å². The van der Waals surface area contributed by atoms with Crippen LogP contribution in [-0.4, -0.2) is 0 Å². The molecule has 0 saturated heterocycles. The summed E-state index contributed by atoms with van der Waals surface area (Å²) in [5, 5.41) is 0. The zero-order chi connectivity index (χ0) is 31.6. The lowest BCUT2D eigenvalue weighted by atomic mass is 9.88. The Labute approximate surface area is 270 Å². The Bertz CT molecular complexity index is 488. The van der Waals surface area contributed by atoms with Crippen LogP contribution in [0.2, 0.25) is 0 Å². The highest BCUT2D eigenvalue weighted by Gasteiger charge is 2.12. The summed E-state index contributed by atoms with van der Waals surface area (Å²) in [4.78, 5) is 0. The van der Waals surface area contributed by atoms with E-state index in [9.17, 15) is 0 Å². The van der Waals surface area contributed by atoms with Gasteiger partial charge in [0.2, 0.25) is 0 Å². The molecule has 0 amide bonds. The van der Waals surface area contributed by atoms with Gasteiger partial charge in [-0.25, -0.2) is 0 Å². The largest absolute Gasteiger partial charge is 0.0654 e. The lowest BCUT2D eigenvalue weighted by molar-refractivity contribution is 0.345. The fourth-order valence-electron chi connectivity index (χ4n) is 7.60. The van der Waals surface area contributed by atoms with Gasteiger partial charge in [0.25, 0.3) is 0 Å². The lowest BCUT2D eigenvalue weighted by Crippen LogP contribution is -2.04. The van der Waals surface area contributed by atoms with Crippen molar-refractivity contribution in [3.8, 4) is 0 Å². The summed E-state index contributed by atoms with van der Waals surface area (Å²) in [5.41, 5.74) is 0. The van der Waals surface area contributed by atoms with Crippen LogP contribution in [0.1, 0.15) is 223 Å². The van der Waals surface area contributed by atoms with Crippen LogP contribution in [0.15, 0.2) is 0 Å². The summed E-state index contributed by atoms with van der Waals surface area (Å²) in [5.74, 6) is 7.45. The van der Waals surface area contributed by atoms with E-state index in [1.165, 1.54) is 154 Å². The van der Waals surface area contributed by atoms with Crippen molar-refractivity contribution in [2.75, 3.05) is 0 Å². The van der Waals surface area contributed by atoms with Crippen LogP contribution in [0.5, 0.6) is 0 Å². The highest BCUT2D eigenvalue weighted by molar-refractivity contribution is 4.65. The topological polar surface area (TPSA) is 0 Å². The monoisotopic (exact) mass is 591 g/mol. The zero-order valence-electron chi connectivity index (χ0n) is 31.6. The number of hydrogen-bond acceptors (Lipinski definition) is 0. The van der Waals surface area contributed by atoms with Gasteiger partial charge in [0.05, 0.1) is 0 Å². The smallest absolute Gasteiger partial charge is 0.0443 e. The minimum Gasteiger partial charge on any atom is -0.0654 e. The first-order valence-corrected chi connectivity index (χ1v) is 20.1. The zero-order valence-corrected chi connectivity index (χ0v) is 31.6. The van der Waals surface area contributed by atoms with Crippen molar-refractivity contribution in [2.24, 2.45) is 47.3 Å². The van der Waals surface area contributed by atoms with Crippen LogP contribution >= 0.6 is 0 Å². The van der Waals surface area contributed by atoms with Gasteiger partial charge < -0.3 is 0 Å². The SMILES string of the molecule is CCCC(C)CCCC(C)CCCC(C)CCCC(C)CCC(C)CCCC(C)CCCC(C)CCCC(C)CCC. The van der Waals surface area contributed by atoms with Gasteiger partial charge in [-0.1, -0.05) is 223 Å². The molecule has 0 aromatic heterocycles. The molecule has 0 heterocycles. The molecule has 0 fully saturated rings. The normalized spacial score (nSPS) is 17.9. The lowest BCUT2D eigenvalue weighted by Gasteiger charge is -2.18. The van der Waals surface area contributed by atoms with E-state index in [1.807, 2.05) is 0 Å². The molecule has 0 aromatic carbocycles. The van der Waals surface area contributed by atoms with Gasteiger partial charge in [-0.2, -0.15) is 0 Å². The maximum atomic E-state index is 2.52. The summed E-state index contributed by atoms with van der Waals surface area (Å²) in [7, 11) is 0. The standard InChI is InChI=1S/C42H86/c1-11-19-35(3)21-13-23-37(5)25-15-27-39(7)29-17-31-41(9)33-34-42(10)32-18-30-40(8)28-16-26-38(6)24-14-22-36(4)20-12-2/h35-42H,11-34H2,1-10H3. The molecule has 0 saturated carbocycles. The average molecular weight is 591 g/mol. The van der Waals surface area contributed by atoms with Crippen molar-refractivity contribution < 1.29 is 0 Å². The van der Waals surface area contributed by atoms with Crippen molar-refractivity contribution in [2.45, 2.75) is 223 Å². The van der Waals surface area contributed by atoms with E-state index < -0.39 is 0 Å². The summed E-state index contributed by atoms with van der Waals surface area (Å²) in [6.07, 6.45) is 34.6. The third-order valence-corrected chi connectivity index (χ3v) is 11.1. The molecule has 42 heavy (non-hydrogen) atoms. The van der Waals surface area contributed by atoms with Crippen LogP contribution in [0, 0.1) is 47.3 Å². The first kappa shape index (κ1) is 42.0. The summed E-state index contributed by atoms with van der Waals surface area (Å²) in [6, 6.07) is 0. The Balaban J connectivity index is 3.71. The highest BCUT2D eigenvalue weighted by atomic mass is 14.2. The first-order valence-electron chi connectivity index (χ1n) is 20.1. The van der Waals surface area contributed by atoms with E-state index in [0.717, 1.165) is 47.3 Å². The Hall–Kier alpha value is 0. The van der Waals surface area contributed by atoms with E-state index in [-0.39, 0.29) is 0 Å². The number of hydrogen-bond donors (Lipinski definition) is 0. The molecule has 8 atom stereocenters. The van der Waals surface area contributed by atoms with E-state index in [4.69, 9.17) is 0 Å². The molecular weight excluding hydrogens is 504 g/mol. The third kappa shape index (κ3) is 27.5. The van der Waals surface area contributed by atoms with Gasteiger partial charge >= 0.3 is 0 Å². The Morgan fingerprint density at radius 1 is 0.214 bits per heavy atom. The first-order chi connectivity index (χ1) is 20.1. The molecule has 8 unspecified atom stereocenters. The predicted octanol–water partition coefficient (Wildman–Crippen LogP) is 15.5. The Morgan fingerprint density at radius 2 is 0.357 bits per heavy atom. The van der Waals surface area contributed by atoms with Gasteiger partial charge in [0, 0.05) is 0 Å². The molecule has 0 bridgehead atoms. The van der Waals surface area contributed by atoms with Gasteiger partial charge in [-0.05, 0) is 47.3 Å². The van der Waals surface area contributed by atoms with Crippen molar-refractivity contribution in [1.82, 2.24) is 0 Å². The predicted molar refractivity (Wildman–Crippen MR) is 195 cm³/mol. The van der Waals surface area contributed by atoms with E-state index >= 15 is 0 Å². The number of rotatable bonds is 31. The summed E-state index contributed by atoms with van der Waals surface area (Å²) < 4.78 is 0. The van der Waals surface area contributed by atoms with Gasteiger partial charge in [-0.3, -0.25) is 0 Å². The van der Waals surface area contributed by atoms with Crippen molar-refractivity contribution in [3.63, 3.8) is 0 Å². The molecule has 0 N–H and O–H groups in total. The second kappa shape index (κ2) is 28.5. The van der Waals surface area contributed by atoms with E-state index in [0.29, 0.717) is 0 Å². The fourth-order valence-corrected chi connectivity index (χ4v) is 7.60. The van der Waals surface area contributed by atoms with E-state index in [2.05, 4.69) is 69.2 Å². The molecule has 254 valence electrons. The third-order valence-electron chi connectivity index (χ3n) is 11.1.